The zero-order valence-corrected chi connectivity index (χ0v) is 20.5. The number of aromatic nitrogens is 5. The largest absolute Gasteiger partial charge is 0.352 e. The van der Waals surface area contributed by atoms with Gasteiger partial charge in [-0.2, -0.15) is 9.47 Å². The van der Waals surface area contributed by atoms with Gasteiger partial charge in [0.05, 0.1) is 21.9 Å². The molecular weight excluding hydrogens is 484 g/mol. The van der Waals surface area contributed by atoms with E-state index in [1.807, 2.05) is 36.4 Å². The maximum atomic E-state index is 13.1. The minimum absolute atomic E-state index is 0.0705. The van der Waals surface area contributed by atoms with E-state index in [1.54, 1.807) is 7.05 Å². The SMILES string of the molecule is Cn1cc(S(=O)(=O)Nc2nc3ccccc3nc2N2CCN(c3nsc4ccccc34)CC2)cn1. The number of hydrogen-bond donors (Lipinski definition) is 1. The van der Waals surface area contributed by atoms with Gasteiger partial charge < -0.3 is 9.80 Å². The van der Waals surface area contributed by atoms with Crippen LogP contribution in [0.1, 0.15) is 0 Å². The molecule has 1 fully saturated rings. The van der Waals surface area contributed by atoms with E-state index in [0.29, 0.717) is 29.9 Å². The Labute approximate surface area is 206 Å². The van der Waals surface area contributed by atoms with Crippen molar-refractivity contribution in [2.45, 2.75) is 4.90 Å². The molecule has 5 aromatic rings. The van der Waals surface area contributed by atoms with Gasteiger partial charge in [-0.05, 0) is 35.8 Å². The molecule has 178 valence electrons. The van der Waals surface area contributed by atoms with Crippen LogP contribution >= 0.6 is 11.5 Å². The Bertz CT molecular complexity index is 1640. The van der Waals surface area contributed by atoms with Crippen molar-refractivity contribution >= 4 is 60.1 Å². The molecule has 1 aliphatic rings. The van der Waals surface area contributed by atoms with Crippen LogP contribution in [-0.4, -0.2) is 58.7 Å². The van der Waals surface area contributed by atoms with E-state index in [0.717, 1.165) is 29.0 Å². The average molecular weight is 507 g/mol. The molecule has 0 amide bonds. The number of hydrogen-bond acceptors (Lipinski definition) is 9. The molecule has 0 spiro atoms. The Morgan fingerprint density at radius 3 is 2.26 bits per heavy atom. The number of rotatable bonds is 5. The highest BCUT2D eigenvalue weighted by molar-refractivity contribution is 7.92. The van der Waals surface area contributed by atoms with E-state index >= 15 is 0 Å². The Morgan fingerprint density at radius 2 is 1.54 bits per heavy atom. The van der Waals surface area contributed by atoms with Crippen molar-refractivity contribution < 1.29 is 8.42 Å². The molecular formula is C23H22N8O2S2. The highest BCUT2D eigenvalue weighted by atomic mass is 32.2. The Balaban J connectivity index is 1.31. The van der Waals surface area contributed by atoms with Crippen LogP contribution in [0.2, 0.25) is 0 Å². The standard InChI is InChI=1S/C23H22N8O2S2/c1-29-15-16(14-24-29)35(32,33)28-21-23(26-19-8-4-3-7-18(19)25-21)31-12-10-30(11-13-31)22-17-6-2-5-9-20(17)34-27-22/h2-9,14-15H,10-13H2,1H3,(H,25,28). The summed E-state index contributed by atoms with van der Waals surface area (Å²) in [6, 6.07) is 15.7. The summed E-state index contributed by atoms with van der Waals surface area (Å²) in [5.41, 5.74) is 1.33. The fourth-order valence-electron chi connectivity index (χ4n) is 4.23. The fourth-order valence-corrected chi connectivity index (χ4v) is 6.02. The number of para-hydroxylation sites is 2. The smallest absolute Gasteiger partial charge is 0.266 e. The highest BCUT2D eigenvalue weighted by Crippen LogP contribution is 2.32. The minimum Gasteiger partial charge on any atom is -0.352 e. The van der Waals surface area contributed by atoms with Gasteiger partial charge in [0.1, 0.15) is 10.7 Å². The van der Waals surface area contributed by atoms with Crippen molar-refractivity contribution in [2.75, 3.05) is 40.7 Å². The van der Waals surface area contributed by atoms with Gasteiger partial charge in [0.15, 0.2) is 11.6 Å². The third-order valence-electron chi connectivity index (χ3n) is 6.01. The van der Waals surface area contributed by atoms with Crippen LogP contribution in [0.25, 0.3) is 21.1 Å². The van der Waals surface area contributed by atoms with Crippen molar-refractivity contribution in [3.63, 3.8) is 0 Å². The van der Waals surface area contributed by atoms with Gasteiger partial charge in [-0.25, -0.2) is 18.4 Å². The number of nitrogens with one attached hydrogen (secondary N) is 1. The van der Waals surface area contributed by atoms with E-state index < -0.39 is 10.0 Å². The quantitative estimate of drug-likeness (QED) is 0.387. The average Bonchev–Trinajstić information content (AvgIpc) is 3.50. The molecule has 0 aliphatic carbocycles. The van der Waals surface area contributed by atoms with Crippen molar-refractivity contribution in [1.82, 2.24) is 24.1 Å². The number of benzene rings is 2. The molecule has 3 aromatic heterocycles. The third-order valence-corrected chi connectivity index (χ3v) is 8.12. The van der Waals surface area contributed by atoms with Gasteiger partial charge in [-0.15, -0.1) is 0 Å². The lowest BCUT2D eigenvalue weighted by atomic mass is 10.2. The summed E-state index contributed by atoms with van der Waals surface area (Å²) in [7, 11) is -2.20. The lowest BCUT2D eigenvalue weighted by Crippen LogP contribution is -2.47. The molecule has 0 atom stereocenters. The zero-order chi connectivity index (χ0) is 24.0. The second-order valence-electron chi connectivity index (χ2n) is 8.32. The number of anilines is 3. The van der Waals surface area contributed by atoms with Crippen LogP contribution in [-0.2, 0) is 17.1 Å². The zero-order valence-electron chi connectivity index (χ0n) is 18.9. The highest BCUT2D eigenvalue weighted by Gasteiger charge is 2.26. The Morgan fingerprint density at radius 1 is 0.886 bits per heavy atom. The van der Waals surface area contributed by atoms with Crippen molar-refractivity contribution in [3.8, 4) is 0 Å². The number of nitrogens with zero attached hydrogens (tertiary/aromatic N) is 7. The van der Waals surface area contributed by atoms with Crippen LogP contribution in [0.4, 0.5) is 17.5 Å². The first-order chi connectivity index (χ1) is 17.0. The molecule has 1 aliphatic heterocycles. The molecule has 6 rings (SSSR count). The predicted molar refractivity (Wildman–Crippen MR) is 138 cm³/mol. The van der Waals surface area contributed by atoms with Gasteiger partial charge in [0, 0.05) is 44.8 Å². The van der Waals surface area contributed by atoms with E-state index in [1.165, 1.54) is 28.6 Å². The molecule has 35 heavy (non-hydrogen) atoms. The van der Waals surface area contributed by atoms with Gasteiger partial charge >= 0.3 is 0 Å². The molecule has 0 radical (unpaired) electrons. The summed E-state index contributed by atoms with van der Waals surface area (Å²) < 4.78 is 36.0. The van der Waals surface area contributed by atoms with Gasteiger partial charge in [-0.1, -0.05) is 24.3 Å². The molecule has 1 N–H and O–H groups in total. The summed E-state index contributed by atoms with van der Waals surface area (Å²) in [5, 5.41) is 5.14. The van der Waals surface area contributed by atoms with Gasteiger partial charge in [0.2, 0.25) is 0 Å². The van der Waals surface area contributed by atoms with Crippen LogP contribution in [0.3, 0.4) is 0 Å². The maximum absolute atomic E-state index is 13.1. The summed E-state index contributed by atoms with van der Waals surface area (Å²) >= 11 is 1.50. The predicted octanol–water partition coefficient (Wildman–Crippen LogP) is 3.10. The van der Waals surface area contributed by atoms with Crippen LogP contribution < -0.4 is 14.5 Å². The van der Waals surface area contributed by atoms with Crippen LogP contribution in [0.5, 0.6) is 0 Å². The second kappa shape index (κ2) is 8.47. The number of fused-ring (bicyclic) bond motifs is 2. The van der Waals surface area contributed by atoms with Crippen molar-refractivity contribution in [1.29, 1.82) is 0 Å². The molecule has 1 saturated heterocycles. The summed E-state index contributed by atoms with van der Waals surface area (Å²) in [6.45, 7) is 2.77. The number of piperazine rings is 1. The monoisotopic (exact) mass is 506 g/mol. The number of sulfonamides is 1. The lowest BCUT2D eigenvalue weighted by molar-refractivity contribution is 0.600. The van der Waals surface area contributed by atoms with Crippen molar-refractivity contribution in [2.24, 2.45) is 7.05 Å². The topological polar surface area (TPSA) is 109 Å². The van der Waals surface area contributed by atoms with Gasteiger partial charge in [-0.3, -0.25) is 9.40 Å². The summed E-state index contributed by atoms with van der Waals surface area (Å²) in [4.78, 5) is 13.8. The molecule has 10 nitrogen and oxygen atoms in total. The molecule has 0 bridgehead atoms. The first-order valence-corrected chi connectivity index (χ1v) is 13.4. The summed E-state index contributed by atoms with van der Waals surface area (Å²) in [6.07, 6.45) is 2.76. The van der Waals surface area contributed by atoms with Crippen LogP contribution in [0, 0.1) is 0 Å². The maximum Gasteiger partial charge on any atom is 0.266 e. The molecule has 2 aromatic carbocycles. The Hall–Kier alpha value is -3.77. The molecule has 4 heterocycles. The minimum atomic E-state index is -3.87. The number of aryl methyl sites for hydroxylation is 1. The molecule has 12 heteroatoms. The van der Waals surface area contributed by atoms with E-state index in [2.05, 4.69) is 41.1 Å². The van der Waals surface area contributed by atoms with E-state index in [9.17, 15) is 8.42 Å². The van der Waals surface area contributed by atoms with Crippen LogP contribution in [0.15, 0.2) is 65.8 Å². The summed E-state index contributed by atoms with van der Waals surface area (Å²) in [5.74, 6) is 1.71. The Kier molecular flexibility index (Phi) is 5.26. The first-order valence-electron chi connectivity index (χ1n) is 11.1. The fraction of sp³-hybridized carbons (Fsp3) is 0.217. The van der Waals surface area contributed by atoms with Gasteiger partial charge in [0.25, 0.3) is 10.0 Å². The van der Waals surface area contributed by atoms with Crippen molar-refractivity contribution in [3.05, 3.63) is 60.9 Å². The first kappa shape index (κ1) is 21.7. The molecule has 0 saturated carbocycles. The van der Waals surface area contributed by atoms with E-state index in [4.69, 9.17) is 4.98 Å². The second-order valence-corrected chi connectivity index (χ2v) is 10.8. The normalized spacial score (nSPS) is 14.7. The lowest BCUT2D eigenvalue weighted by Gasteiger charge is -2.36. The third kappa shape index (κ3) is 4.04. The van der Waals surface area contributed by atoms with E-state index in [-0.39, 0.29) is 10.7 Å². The molecule has 0 unspecified atom stereocenters.